The first-order valence-electron chi connectivity index (χ1n) is 6.75. The van der Waals surface area contributed by atoms with Gasteiger partial charge >= 0.3 is 0 Å². The van der Waals surface area contributed by atoms with Gasteiger partial charge in [-0.25, -0.2) is 4.39 Å². The van der Waals surface area contributed by atoms with Crippen LogP contribution in [0, 0.1) is 11.7 Å². The summed E-state index contributed by atoms with van der Waals surface area (Å²) in [6.45, 7) is 2.03. The predicted octanol–water partition coefficient (Wildman–Crippen LogP) is 2.88. The van der Waals surface area contributed by atoms with Crippen LogP contribution in [0.25, 0.3) is 0 Å². The molecule has 2 unspecified atom stereocenters. The minimum Gasteiger partial charge on any atom is -0.300 e. The summed E-state index contributed by atoms with van der Waals surface area (Å²) in [6.07, 6.45) is 4.54. The summed E-state index contributed by atoms with van der Waals surface area (Å²) in [5.74, 6) is 0.706. The fourth-order valence-electron chi connectivity index (χ4n) is 3.33. The van der Waals surface area contributed by atoms with Crippen molar-refractivity contribution in [3.8, 4) is 0 Å². The van der Waals surface area contributed by atoms with Gasteiger partial charge in [0, 0.05) is 31.1 Å². The molecule has 1 aliphatic carbocycles. The lowest BCUT2D eigenvalue weighted by Crippen LogP contribution is -2.33. The Morgan fingerprint density at radius 1 is 1.28 bits per heavy atom. The molecule has 1 aliphatic heterocycles. The molecule has 2 fully saturated rings. The third-order valence-electron chi connectivity index (χ3n) is 4.31. The molecule has 0 amide bonds. The fourth-order valence-corrected chi connectivity index (χ4v) is 3.33. The molecule has 1 aromatic rings. The Morgan fingerprint density at radius 2 is 2.06 bits per heavy atom. The molecule has 0 aromatic heterocycles. The number of hydrogen-bond donors (Lipinski definition) is 0. The van der Waals surface area contributed by atoms with Crippen molar-refractivity contribution < 1.29 is 9.18 Å². The van der Waals surface area contributed by atoms with Crippen LogP contribution in [0.1, 0.15) is 36.0 Å². The smallest absolute Gasteiger partial charge is 0.164 e. The van der Waals surface area contributed by atoms with Gasteiger partial charge in [-0.1, -0.05) is 0 Å². The van der Waals surface area contributed by atoms with Crippen molar-refractivity contribution in [3.63, 3.8) is 0 Å². The monoisotopic (exact) mass is 247 g/mol. The number of carbonyl (C=O) groups is 1. The zero-order valence-electron chi connectivity index (χ0n) is 10.4. The average Bonchev–Trinajstić information content (AvgIpc) is 2.99. The molecular weight excluding hydrogens is 229 g/mol. The molecule has 0 N–H and O–H groups in total. The van der Waals surface area contributed by atoms with Crippen molar-refractivity contribution in [1.82, 2.24) is 4.90 Å². The number of halogens is 1. The molecule has 0 radical (unpaired) electrons. The van der Waals surface area contributed by atoms with Crippen LogP contribution in [0.15, 0.2) is 24.3 Å². The van der Waals surface area contributed by atoms with Crippen LogP contribution in [-0.2, 0) is 0 Å². The van der Waals surface area contributed by atoms with Gasteiger partial charge in [0.1, 0.15) is 5.82 Å². The maximum absolute atomic E-state index is 12.8. The lowest BCUT2D eigenvalue weighted by molar-refractivity contribution is 0.0955. The Bertz CT molecular complexity index is 442. The summed E-state index contributed by atoms with van der Waals surface area (Å²) in [6, 6.07) is 6.58. The summed E-state index contributed by atoms with van der Waals surface area (Å²) in [7, 11) is 0. The van der Waals surface area contributed by atoms with Gasteiger partial charge < -0.3 is 0 Å². The Balaban J connectivity index is 1.54. The van der Waals surface area contributed by atoms with E-state index in [1.807, 2.05) is 0 Å². The van der Waals surface area contributed by atoms with E-state index in [0.717, 1.165) is 18.5 Å². The van der Waals surface area contributed by atoms with E-state index in [1.54, 1.807) is 12.1 Å². The van der Waals surface area contributed by atoms with E-state index in [4.69, 9.17) is 0 Å². The zero-order valence-corrected chi connectivity index (χ0v) is 10.4. The molecule has 18 heavy (non-hydrogen) atoms. The van der Waals surface area contributed by atoms with Gasteiger partial charge in [-0.2, -0.15) is 0 Å². The van der Waals surface area contributed by atoms with E-state index in [1.165, 1.54) is 37.9 Å². The van der Waals surface area contributed by atoms with Crippen LogP contribution in [0.2, 0.25) is 0 Å². The predicted molar refractivity (Wildman–Crippen MR) is 68.0 cm³/mol. The van der Waals surface area contributed by atoms with Crippen molar-refractivity contribution in [2.24, 2.45) is 5.92 Å². The summed E-state index contributed by atoms with van der Waals surface area (Å²) in [5.41, 5.74) is 0.626. The van der Waals surface area contributed by atoms with Crippen molar-refractivity contribution in [2.75, 3.05) is 13.1 Å². The highest BCUT2D eigenvalue weighted by molar-refractivity contribution is 5.96. The molecular formula is C15H18FNO. The molecule has 96 valence electrons. The van der Waals surface area contributed by atoms with Gasteiger partial charge in [-0.15, -0.1) is 0 Å². The third kappa shape index (κ3) is 2.32. The number of likely N-dealkylation sites (tertiary alicyclic amines) is 1. The van der Waals surface area contributed by atoms with Gasteiger partial charge in [0.2, 0.25) is 0 Å². The topological polar surface area (TPSA) is 20.3 Å². The van der Waals surface area contributed by atoms with Crippen molar-refractivity contribution in [1.29, 1.82) is 0 Å². The number of carbonyl (C=O) groups excluding carboxylic acids is 1. The molecule has 2 aliphatic rings. The largest absolute Gasteiger partial charge is 0.300 e. The molecule has 1 saturated heterocycles. The van der Waals surface area contributed by atoms with Gasteiger partial charge in [-0.05, 0) is 49.4 Å². The van der Waals surface area contributed by atoms with E-state index >= 15 is 0 Å². The Morgan fingerprint density at radius 3 is 2.67 bits per heavy atom. The van der Waals surface area contributed by atoms with Crippen LogP contribution >= 0.6 is 0 Å². The summed E-state index contributed by atoms with van der Waals surface area (Å²) >= 11 is 0. The first kappa shape index (κ1) is 11.8. The van der Waals surface area contributed by atoms with E-state index in [2.05, 4.69) is 4.90 Å². The normalized spacial score (nSPS) is 26.7. The molecule has 3 rings (SSSR count). The molecule has 3 heteroatoms. The van der Waals surface area contributed by atoms with Gasteiger partial charge in [0.15, 0.2) is 5.78 Å². The number of piperidine rings is 1. The molecule has 1 heterocycles. The number of nitrogens with zero attached hydrogens (tertiary/aromatic N) is 1. The second kappa shape index (κ2) is 4.81. The highest BCUT2D eigenvalue weighted by Gasteiger charge is 2.37. The SMILES string of the molecule is O=C(CCN1CC2CCC1C2)c1ccc(F)cc1. The Hall–Kier alpha value is -1.22. The van der Waals surface area contributed by atoms with E-state index < -0.39 is 0 Å². The number of fused-ring (bicyclic) bond motifs is 2. The number of ketones is 1. The highest BCUT2D eigenvalue weighted by Crippen LogP contribution is 2.37. The van der Waals surface area contributed by atoms with Crippen LogP contribution in [-0.4, -0.2) is 29.8 Å². The van der Waals surface area contributed by atoms with Crippen LogP contribution in [0.3, 0.4) is 0 Å². The first-order valence-corrected chi connectivity index (χ1v) is 6.75. The average molecular weight is 247 g/mol. The maximum Gasteiger partial charge on any atom is 0.164 e. The zero-order chi connectivity index (χ0) is 12.5. The summed E-state index contributed by atoms with van der Waals surface area (Å²) in [5, 5.41) is 0. The minimum absolute atomic E-state index is 0.123. The second-order valence-corrected chi connectivity index (χ2v) is 5.51. The highest BCUT2D eigenvalue weighted by atomic mass is 19.1. The maximum atomic E-state index is 12.8. The van der Waals surface area contributed by atoms with Crippen LogP contribution in [0.5, 0.6) is 0 Å². The van der Waals surface area contributed by atoms with Crippen molar-refractivity contribution in [2.45, 2.75) is 31.7 Å². The van der Waals surface area contributed by atoms with Gasteiger partial charge in [0.25, 0.3) is 0 Å². The standard InChI is InChI=1S/C15H18FNO/c16-13-4-2-12(3-5-13)15(18)7-8-17-10-11-1-6-14(17)9-11/h2-5,11,14H,1,6-10H2. The number of Topliss-reactive ketones (excluding diaryl/α,β-unsaturated/α-hetero) is 1. The van der Waals surface area contributed by atoms with Crippen molar-refractivity contribution in [3.05, 3.63) is 35.6 Å². The van der Waals surface area contributed by atoms with E-state index in [0.29, 0.717) is 12.0 Å². The quantitative estimate of drug-likeness (QED) is 0.762. The van der Waals surface area contributed by atoms with Gasteiger partial charge in [-0.3, -0.25) is 9.69 Å². The Kier molecular flexibility index (Phi) is 3.16. The molecule has 2 atom stereocenters. The van der Waals surface area contributed by atoms with Crippen LogP contribution < -0.4 is 0 Å². The molecule has 0 spiro atoms. The molecule has 2 nitrogen and oxygen atoms in total. The second-order valence-electron chi connectivity index (χ2n) is 5.51. The summed E-state index contributed by atoms with van der Waals surface area (Å²) in [4.78, 5) is 14.4. The van der Waals surface area contributed by atoms with E-state index in [-0.39, 0.29) is 11.6 Å². The third-order valence-corrected chi connectivity index (χ3v) is 4.31. The number of rotatable bonds is 4. The number of benzene rings is 1. The van der Waals surface area contributed by atoms with E-state index in [9.17, 15) is 9.18 Å². The first-order chi connectivity index (χ1) is 8.72. The Labute approximate surface area is 107 Å². The lowest BCUT2D eigenvalue weighted by atomic mass is 10.1. The lowest BCUT2D eigenvalue weighted by Gasteiger charge is -2.26. The van der Waals surface area contributed by atoms with Gasteiger partial charge in [0.05, 0.1) is 0 Å². The minimum atomic E-state index is -0.289. The summed E-state index contributed by atoms with van der Waals surface area (Å²) < 4.78 is 12.8. The molecule has 1 saturated carbocycles. The van der Waals surface area contributed by atoms with Crippen molar-refractivity contribution >= 4 is 5.78 Å². The molecule has 1 aromatic carbocycles. The van der Waals surface area contributed by atoms with Crippen LogP contribution in [0.4, 0.5) is 4.39 Å². The molecule has 2 bridgehead atoms. The number of hydrogen-bond acceptors (Lipinski definition) is 2. The fraction of sp³-hybridized carbons (Fsp3) is 0.533.